The first-order valence-corrected chi connectivity index (χ1v) is 5.80. The van der Waals surface area contributed by atoms with Gasteiger partial charge in [-0.15, -0.1) is 0 Å². The molecule has 6 nitrogen and oxygen atoms in total. The van der Waals surface area contributed by atoms with Crippen LogP contribution in [-0.4, -0.2) is 33.9 Å². The maximum Gasteiger partial charge on any atom is 0.310 e. The van der Waals surface area contributed by atoms with Crippen LogP contribution in [0.15, 0.2) is 18.2 Å². The number of para-hydroxylation sites is 1. The fourth-order valence-corrected chi connectivity index (χ4v) is 1.77. The van der Waals surface area contributed by atoms with Crippen LogP contribution in [-0.2, 0) is 0 Å². The van der Waals surface area contributed by atoms with Gasteiger partial charge in [0, 0.05) is 0 Å². The Balaban J connectivity index is 3.18. The zero-order valence-electron chi connectivity index (χ0n) is 9.89. The summed E-state index contributed by atoms with van der Waals surface area (Å²) >= 11 is 5.78. The van der Waals surface area contributed by atoms with Crippen molar-refractivity contribution in [3.05, 3.63) is 33.3 Å². The number of benzene rings is 1. The van der Waals surface area contributed by atoms with Gasteiger partial charge >= 0.3 is 5.69 Å². The van der Waals surface area contributed by atoms with Gasteiger partial charge in [0.2, 0.25) is 0 Å². The molecule has 18 heavy (non-hydrogen) atoms. The quantitative estimate of drug-likeness (QED) is 0.543. The Labute approximate surface area is 109 Å². The monoisotopic (exact) mass is 274 g/mol. The van der Waals surface area contributed by atoms with Crippen molar-refractivity contribution in [2.45, 2.75) is 18.9 Å². The Morgan fingerprint density at radius 3 is 2.50 bits per heavy atom. The lowest BCUT2D eigenvalue weighted by atomic mass is 9.98. The van der Waals surface area contributed by atoms with E-state index in [-0.39, 0.29) is 29.6 Å². The Kier molecular flexibility index (Phi) is 4.89. The first kappa shape index (κ1) is 14.7. The average molecular weight is 275 g/mol. The molecule has 0 spiro atoms. The van der Waals surface area contributed by atoms with E-state index in [2.05, 4.69) is 5.32 Å². The average Bonchev–Trinajstić information content (AvgIpc) is 2.35. The van der Waals surface area contributed by atoms with Crippen LogP contribution in [0.3, 0.4) is 0 Å². The number of nitro benzene ring substituents is 1. The fourth-order valence-electron chi connectivity index (χ4n) is 1.53. The largest absolute Gasteiger partial charge is 0.394 e. The number of aliphatic hydroxyl groups is 2. The number of nitrogens with one attached hydrogen (secondary N) is 1. The lowest BCUT2D eigenvalue weighted by Crippen LogP contribution is -2.45. The summed E-state index contributed by atoms with van der Waals surface area (Å²) in [5.74, 6) is 0. The van der Waals surface area contributed by atoms with E-state index in [1.807, 2.05) is 0 Å². The standard InChI is InChI=1S/C11H15ClN2O4/c1-2-11(6-15,7-16)13-9-5-3-4-8(12)10(9)14(17)18/h3-5,13,15-16H,2,6-7H2,1H3. The molecule has 0 saturated carbocycles. The van der Waals surface area contributed by atoms with Crippen LogP contribution in [0.5, 0.6) is 0 Å². The third-order valence-electron chi connectivity index (χ3n) is 2.85. The maximum absolute atomic E-state index is 10.9. The minimum Gasteiger partial charge on any atom is -0.394 e. The molecule has 0 atom stereocenters. The lowest BCUT2D eigenvalue weighted by molar-refractivity contribution is -0.383. The molecular weight excluding hydrogens is 260 g/mol. The Hall–Kier alpha value is -1.37. The first-order valence-electron chi connectivity index (χ1n) is 5.42. The number of halogens is 1. The molecule has 3 N–H and O–H groups in total. The second-order valence-corrected chi connectivity index (χ2v) is 4.38. The van der Waals surface area contributed by atoms with E-state index in [0.717, 1.165) is 0 Å². The Bertz CT molecular complexity index is 427. The van der Waals surface area contributed by atoms with Gasteiger partial charge < -0.3 is 15.5 Å². The first-order chi connectivity index (χ1) is 8.49. The minimum absolute atomic E-state index is 0.00545. The zero-order chi connectivity index (χ0) is 13.8. The zero-order valence-corrected chi connectivity index (χ0v) is 10.6. The van der Waals surface area contributed by atoms with Crippen LogP contribution in [0.2, 0.25) is 5.02 Å². The van der Waals surface area contributed by atoms with Gasteiger partial charge in [-0.25, -0.2) is 0 Å². The molecule has 0 amide bonds. The minimum atomic E-state index is -1.00. The summed E-state index contributed by atoms with van der Waals surface area (Å²) in [5.41, 5.74) is -1.09. The number of nitrogens with zero attached hydrogens (tertiary/aromatic N) is 1. The molecule has 0 bridgehead atoms. The smallest absolute Gasteiger partial charge is 0.310 e. The van der Waals surface area contributed by atoms with Crippen LogP contribution in [0.25, 0.3) is 0 Å². The summed E-state index contributed by atoms with van der Waals surface area (Å²) in [5, 5.41) is 32.4. The second kappa shape index (κ2) is 5.99. The highest BCUT2D eigenvalue weighted by Crippen LogP contribution is 2.34. The number of hydrogen-bond acceptors (Lipinski definition) is 5. The molecule has 0 aromatic heterocycles. The summed E-state index contributed by atoms with van der Waals surface area (Å²) in [4.78, 5) is 10.4. The van der Waals surface area contributed by atoms with Crippen molar-refractivity contribution in [3.8, 4) is 0 Å². The van der Waals surface area contributed by atoms with Crippen molar-refractivity contribution in [3.63, 3.8) is 0 Å². The number of aliphatic hydroxyl groups excluding tert-OH is 2. The molecule has 0 aliphatic carbocycles. The van der Waals surface area contributed by atoms with Crippen LogP contribution < -0.4 is 5.32 Å². The molecule has 7 heteroatoms. The lowest BCUT2D eigenvalue weighted by Gasteiger charge is -2.30. The van der Waals surface area contributed by atoms with Crippen molar-refractivity contribution in [2.75, 3.05) is 18.5 Å². The highest BCUT2D eigenvalue weighted by molar-refractivity contribution is 6.33. The van der Waals surface area contributed by atoms with Gasteiger partial charge in [-0.05, 0) is 18.6 Å². The van der Waals surface area contributed by atoms with Gasteiger partial charge in [0.15, 0.2) is 0 Å². The van der Waals surface area contributed by atoms with Gasteiger partial charge in [0.1, 0.15) is 10.7 Å². The van der Waals surface area contributed by atoms with Gasteiger partial charge in [-0.3, -0.25) is 10.1 Å². The van der Waals surface area contributed by atoms with E-state index in [0.29, 0.717) is 6.42 Å². The molecule has 1 rings (SSSR count). The molecular formula is C11H15ClN2O4. The van der Waals surface area contributed by atoms with Crippen molar-refractivity contribution in [1.82, 2.24) is 0 Å². The summed E-state index contributed by atoms with van der Waals surface area (Å²) in [6, 6.07) is 4.46. The SMILES string of the molecule is CCC(CO)(CO)Nc1cccc(Cl)c1[N+](=O)[O-]. The van der Waals surface area contributed by atoms with Gasteiger partial charge in [0.25, 0.3) is 0 Å². The van der Waals surface area contributed by atoms with Crippen LogP contribution in [0.4, 0.5) is 11.4 Å². The summed E-state index contributed by atoms with van der Waals surface area (Å²) < 4.78 is 0. The van der Waals surface area contributed by atoms with E-state index >= 15 is 0 Å². The second-order valence-electron chi connectivity index (χ2n) is 3.97. The molecule has 100 valence electrons. The fraction of sp³-hybridized carbons (Fsp3) is 0.455. The molecule has 0 aliphatic heterocycles. The number of nitro groups is 1. The van der Waals surface area contributed by atoms with Crippen LogP contribution in [0, 0.1) is 10.1 Å². The molecule has 0 radical (unpaired) electrons. The maximum atomic E-state index is 10.9. The predicted octanol–water partition coefficient (Wildman–Crippen LogP) is 1.79. The van der Waals surface area contributed by atoms with Crippen LogP contribution >= 0.6 is 11.6 Å². The van der Waals surface area contributed by atoms with Crippen LogP contribution in [0.1, 0.15) is 13.3 Å². The van der Waals surface area contributed by atoms with E-state index < -0.39 is 10.5 Å². The van der Waals surface area contributed by atoms with Crippen molar-refractivity contribution in [2.24, 2.45) is 0 Å². The Morgan fingerprint density at radius 1 is 1.44 bits per heavy atom. The summed E-state index contributed by atoms with van der Waals surface area (Å²) in [6.07, 6.45) is 0.406. The van der Waals surface area contributed by atoms with Crippen molar-refractivity contribution in [1.29, 1.82) is 0 Å². The highest BCUT2D eigenvalue weighted by atomic mass is 35.5. The van der Waals surface area contributed by atoms with Gasteiger partial charge in [-0.2, -0.15) is 0 Å². The molecule has 0 fully saturated rings. The molecule has 1 aromatic carbocycles. The van der Waals surface area contributed by atoms with Crippen molar-refractivity contribution >= 4 is 23.0 Å². The number of anilines is 1. The molecule has 0 unspecified atom stereocenters. The van der Waals surface area contributed by atoms with E-state index in [9.17, 15) is 20.3 Å². The molecule has 0 saturated heterocycles. The third kappa shape index (κ3) is 2.90. The number of rotatable bonds is 6. The van der Waals surface area contributed by atoms with Gasteiger partial charge in [-0.1, -0.05) is 24.6 Å². The number of hydrogen-bond donors (Lipinski definition) is 3. The normalized spacial score (nSPS) is 11.3. The molecule has 0 aliphatic rings. The van der Waals surface area contributed by atoms with E-state index in [4.69, 9.17) is 11.6 Å². The van der Waals surface area contributed by atoms with E-state index in [1.54, 1.807) is 13.0 Å². The summed E-state index contributed by atoms with van der Waals surface area (Å²) in [7, 11) is 0. The van der Waals surface area contributed by atoms with Gasteiger partial charge in [0.05, 0.1) is 23.7 Å². The topological polar surface area (TPSA) is 95.6 Å². The predicted molar refractivity (Wildman–Crippen MR) is 68.9 cm³/mol. The molecule has 1 aromatic rings. The van der Waals surface area contributed by atoms with E-state index in [1.165, 1.54) is 12.1 Å². The Morgan fingerprint density at radius 2 is 2.06 bits per heavy atom. The summed E-state index contributed by atoms with van der Waals surface area (Å²) in [6.45, 7) is 1.07. The molecule has 0 heterocycles. The third-order valence-corrected chi connectivity index (χ3v) is 3.16. The highest BCUT2D eigenvalue weighted by Gasteiger charge is 2.30. The van der Waals surface area contributed by atoms with Crippen molar-refractivity contribution < 1.29 is 15.1 Å².